The average molecular weight is 232 g/mol. The molecule has 1 unspecified atom stereocenters. The van der Waals surface area contributed by atoms with Crippen LogP contribution in [0.2, 0.25) is 0 Å². The first-order chi connectivity index (χ1) is 8.13. The molecule has 0 aromatic heterocycles. The predicted molar refractivity (Wildman–Crippen MR) is 68.8 cm³/mol. The van der Waals surface area contributed by atoms with Crippen LogP contribution in [0.3, 0.4) is 0 Å². The highest BCUT2D eigenvalue weighted by Crippen LogP contribution is 2.09. The van der Waals surface area contributed by atoms with Gasteiger partial charge in [0.25, 0.3) is 0 Å². The molecule has 1 aliphatic rings. The standard InChI is InChI=1S/C14H20N2O/c1-10-5-11(2)7-12(6-10)8-15-9-13-3-4-14(17)16-13/h5-7,13,15H,3-4,8-9H2,1-2H3,(H,16,17). The molecule has 1 aliphatic heterocycles. The van der Waals surface area contributed by atoms with Gasteiger partial charge in [-0.1, -0.05) is 29.3 Å². The first-order valence-electron chi connectivity index (χ1n) is 6.21. The number of aryl methyl sites for hydroxylation is 2. The molecular formula is C14H20N2O. The Morgan fingerprint density at radius 2 is 2.00 bits per heavy atom. The van der Waals surface area contributed by atoms with Crippen molar-refractivity contribution in [1.29, 1.82) is 0 Å². The molecule has 92 valence electrons. The van der Waals surface area contributed by atoms with Gasteiger partial charge in [0.1, 0.15) is 0 Å². The molecule has 1 aromatic carbocycles. The molecule has 0 radical (unpaired) electrons. The second-order valence-electron chi connectivity index (χ2n) is 4.93. The first-order valence-corrected chi connectivity index (χ1v) is 6.21. The Bertz CT molecular complexity index is 394. The Morgan fingerprint density at radius 1 is 1.29 bits per heavy atom. The molecule has 3 nitrogen and oxygen atoms in total. The van der Waals surface area contributed by atoms with Crippen molar-refractivity contribution in [2.45, 2.75) is 39.3 Å². The van der Waals surface area contributed by atoms with Gasteiger partial charge >= 0.3 is 0 Å². The zero-order valence-electron chi connectivity index (χ0n) is 10.5. The van der Waals surface area contributed by atoms with Crippen LogP contribution in [0.25, 0.3) is 0 Å². The van der Waals surface area contributed by atoms with Crippen LogP contribution in [-0.4, -0.2) is 18.5 Å². The Kier molecular flexibility index (Phi) is 3.79. The maximum absolute atomic E-state index is 11.0. The van der Waals surface area contributed by atoms with E-state index in [0.29, 0.717) is 12.5 Å². The van der Waals surface area contributed by atoms with E-state index in [0.717, 1.165) is 19.5 Å². The summed E-state index contributed by atoms with van der Waals surface area (Å²) in [5.74, 6) is 0.184. The Hall–Kier alpha value is -1.35. The number of carbonyl (C=O) groups is 1. The number of rotatable bonds is 4. The number of benzene rings is 1. The second kappa shape index (κ2) is 5.32. The monoisotopic (exact) mass is 232 g/mol. The van der Waals surface area contributed by atoms with Gasteiger partial charge in [0.05, 0.1) is 0 Å². The van der Waals surface area contributed by atoms with Gasteiger partial charge in [-0.2, -0.15) is 0 Å². The summed E-state index contributed by atoms with van der Waals surface area (Å²) in [5.41, 5.74) is 3.92. The van der Waals surface area contributed by atoms with E-state index in [2.05, 4.69) is 42.7 Å². The van der Waals surface area contributed by atoms with E-state index >= 15 is 0 Å². The summed E-state index contributed by atoms with van der Waals surface area (Å²) in [6.45, 7) is 5.97. The lowest BCUT2D eigenvalue weighted by molar-refractivity contribution is -0.119. The lowest BCUT2D eigenvalue weighted by Crippen LogP contribution is -2.35. The topological polar surface area (TPSA) is 41.1 Å². The maximum atomic E-state index is 11.0. The fourth-order valence-electron chi connectivity index (χ4n) is 2.39. The van der Waals surface area contributed by atoms with Crippen molar-refractivity contribution in [3.05, 3.63) is 34.9 Å². The summed E-state index contributed by atoms with van der Waals surface area (Å²) < 4.78 is 0. The highest BCUT2D eigenvalue weighted by molar-refractivity contribution is 5.78. The van der Waals surface area contributed by atoms with E-state index in [4.69, 9.17) is 0 Å². The third kappa shape index (κ3) is 3.56. The van der Waals surface area contributed by atoms with Gasteiger partial charge in [-0.15, -0.1) is 0 Å². The molecule has 17 heavy (non-hydrogen) atoms. The number of carbonyl (C=O) groups excluding carboxylic acids is 1. The second-order valence-corrected chi connectivity index (χ2v) is 4.93. The van der Waals surface area contributed by atoms with Crippen LogP contribution in [-0.2, 0) is 11.3 Å². The first kappa shape index (κ1) is 12.1. The van der Waals surface area contributed by atoms with Crippen LogP contribution >= 0.6 is 0 Å². The van der Waals surface area contributed by atoms with Gasteiger partial charge in [0.15, 0.2) is 0 Å². The minimum Gasteiger partial charge on any atom is -0.352 e. The van der Waals surface area contributed by atoms with Crippen LogP contribution in [0, 0.1) is 13.8 Å². The smallest absolute Gasteiger partial charge is 0.220 e. The molecule has 1 amide bonds. The zero-order valence-corrected chi connectivity index (χ0v) is 10.5. The summed E-state index contributed by atoms with van der Waals surface area (Å²) in [6, 6.07) is 6.90. The maximum Gasteiger partial charge on any atom is 0.220 e. The van der Waals surface area contributed by atoms with Crippen molar-refractivity contribution in [3.8, 4) is 0 Å². The molecular weight excluding hydrogens is 212 g/mol. The van der Waals surface area contributed by atoms with E-state index in [-0.39, 0.29) is 5.91 Å². The minimum absolute atomic E-state index is 0.184. The summed E-state index contributed by atoms with van der Waals surface area (Å²) in [5, 5.41) is 6.37. The van der Waals surface area contributed by atoms with E-state index in [1.807, 2.05) is 0 Å². The Balaban J connectivity index is 1.79. The van der Waals surface area contributed by atoms with Crippen LogP contribution in [0.1, 0.15) is 29.5 Å². The van der Waals surface area contributed by atoms with E-state index in [1.54, 1.807) is 0 Å². The molecule has 2 rings (SSSR count). The fourth-order valence-corrected chi connectivity index (χ4v) is 2.39. The van der Waals surface area contributed by atoms with Gasteiger partial charge in [-0.05, 0) is 25.8 Å². The van der Waals surface area contributed by atoms with E-state index < -0.39 is 0 Å². The molecule has 3 heteroatoms. The highest BCUT2D eigenvalue weighted by Gasteiger charge is 2.19. The minimum atomic E-state index is 0.184. The van der Waals surface area contributed by atoms with Gasteiger partial charge < -0.3 is 10.6 Å². The van der Waals surface area contributed by atoms with Crippen molar-refractivity contribution in [2.75, 3.05) is 6.54 Å². The molecule has 1 aromatic rings. The molecule has 0 bridgehead atoms. The number of amides is 1. The summed E-state index contributed by atoms with van der Waals surface area (Å²) in [7, 11) is 0. The summed E-state index contributed by atoms with van der Waals surface area (Å²) in [4.78, 5) is 11.0. The van der Waals surface area contributed by atoms with Crippen molar-refractivity contribution in [3.63, 3.8) is 0 Å². The SMILES string of the molecule is Cc1cc(C)cc(CNCC2CCC(=O)N2)c1. The molecule has 0 aliphatic carbocycles. The Labute approximate surface area is 103 Å². The van der Waals surface area contributed by atoms with Crippen LogP contribution in [0.5, 0.6) is 0 Å². The largest absolute Gasteiger partial charge is 0.352 e. The molecule has 0 saturated carbocycles. The zero-order chi connectivity index (χ0) is 12.3. The lowest BCUT2D eigenvalue weighted by atomic mass is 10.1. The third-order valence-corrected chi connectivity index (χ3v) is 3.09. The van der Waals surface area contributed by atoms with Gasteiger partial charge in [-0.25, -0.2) is 0 Å². The van der Waals surface area contributed by atoms with Gasteiger partial charge in [-0.3, -0.25) is 4.79 Å². The van der Waals surface area contributed by atoms with Gasteiger partial charge in [0, 0.05) is 25.6 Å². The predicted octanol–water partition coefficient (Wildman–Crippen LogP) is 1.67. The van der Waals surface area contributed by atoms with Crippen molar-refractivity contribution >= 4 is 5.91 Å². The Morgan fingerprint density at radius 3 is 2.59 bits per heavy atom. The molecule has 1 heterocycles. The quantitative estimate of drug-likeness (QED) is 0.829. The third-order valence-electron chi connectivity index (χ3n) is 3.09. The van der Waals surface area contributed by atoms with Gasteiger partial charge in [0.2, 0.25) is 5.91 Å². The number of hydrogen-bond acceptors (Lipinski definition) is 2. The van der Waals surface area contributed by atoms with E-state index in [1.165, 1.54) is 16.7 Å². The van der Waals surface area contributed by atoms with Crippen LogP contribution in [0.4, 0.5) is 0 Å². The van der Waals surface area contributed by atoms with Crippen molar-refractivity contribution in [2.24, 2.45) is 0 Å². The lowest BCUT2D eigenvalue weighted by Gasteiger charge is -2.12. The molecule has 1 atom stereocenters. The van der Waals surface area contributed by atoms with Crippen molar-refractivity contribution in [1.82, 2.24) is 10.6 Å². The average Bonchev–Trinajstić information content (AvgIpc) is 2.63. The molecule has 1 fully saturated rings. The summed E-state index contributed by atoms with van der Waals surface area (Å²) >= 11 is 0. The summed E-state index contributed by atoms with van der Waals surface area (Å²) in [6.07, 6.45) is 1.63. The van der Waals surface area contributed by atoms with Crippen molar-refractivity contribution < 1.29 is 4.79 Å². The molecule has 2 N–H and O–H groups in total. The highest BCUT2D eigenvalue weighted by atomic mass is 16.1. The molecule has 1 saturated heterocycles. The normalized spacial score (nSPS) is 19.4. The van der Waals surface area contributed by atoms with E-state index in [9.17, 15) is 4.79 Å². The van der Waals surface area contributed by atoms with Crippen LogP contribution < -0.4 is 10.6 Å². The molecule has 0 spiro atoms. The number of nitrogens with one attached hydrogen (secondary N) is 2. The van der Waals surface area contributed by atoms with Crippen LogP contribution in [0.15, 0.2) is 18.2 Å². The number of hydrogen-bond donors (Lipinski definition) is 2. The fraction of sp³-hybridized carbons (Fsp3) is 0.500.